The van der Waals surface area contributed by atoms with E-state index in [4.69, 9.17) is 20.1 Å². The van der Waals surface area contributed by atoms with E-state index >= 15 is 0 Å². The lowest BCUT2D eigenvalue weighted by molar-refractivity contribution is 0.850. The second-order valence-electron chi connectivity index (χ2n) is 7.88. The Morgan fingerprint density at radius 1 is 1.04 bits per heavy atom. The van der Waals surface area contributed by atoms with E-state index in [0.717, 1.165) is 44.0 Å². The van der Waals surface area contributed by atoms with Crippen LogP contribution in [-0.2, 0) is 0 Å². The van der Waals surface area contributed by atoms with Gasteiger partial charge in [0.25, 0.3) is 0 Å². The first-order chi connectivity index (χ1) is 13.6. The van der Waals surface area contributed by atoms with Crippen molar-refractivity contribution in [2.45, 2.75) is 39.0 Å². The van der Waals surface area contributed by atoms with Gasteiger partial charge in [-0.25, -0.2) is 19.5 Å². The van der Waals surface area contributed by atoms with Crippen LogP contribution >= 0.6 is 11.3 Å². The number of thiophene rings is 1. The zero-order valence-electron chi connectivity index (χ0n) is 16.0. The van der Waals surface area contributed by atoms with Gasteiger partial charge in [-0.15, -0.1) is 16.4 Å². The normalized spacial score (nSPS) is 19.1. The molecular formula is C22H19N5S. The van der Waals surface area contributed by atoms with Crippen LogP contribution in [0.15, 0.2) is 36.7 Å². The molecule has 1 saturated carbocycles. The molecule has 138 valence electrons. The molecule has 5 nitrogen and oxygen atoms in total. The Kier molecular flexibility index (Phi) is 3.21. The van der Waals surface area contributed by atoms with Crippen LogP contribution in [0.4, 0.5) is 0 Å². The van der Waals surface area contributed by atoms with E-state index in [2.05, 4.69) is 44.2 Å². The molecule has 0 radical (unpaired) electrons. The van der Waals surface area contributed by atoms with Gasteiger partial charge in [-0.3, -0.25) is 0 Å². The minimum atomic E-state index is 0.397. The number of nitrogens with zero attached hydrogens (tertiary/aromatic N) is 5. The molecule has 0 N–H and O–H groups in total. The van der Waals surface area contributed by atoms with Gasteiger partial charge in [0, 0.05) is 17.0 Å². The number of hydrogen-bond donors (Lipinski definition) is 0. The van der Waals surface area contributed by atoms with Crippen LogP contribution in [-0.4, -0.2) is 24.6 Å². The zero-order chi connectivity index (χ0) is 19.0. The van der Waals surface area contributed by atoms with Gasteiger partial charge >= 0.3 is 0 Å². The molecule has 1 aromatic carbocycles. The van der Waals surface area contributed by atoms with Crippen LogP contribution in [0.3, 0.4) is 0 Å². The predicted molar refractivity (Wildman–Crippen MR) is 112 cm³/mol. The molecule has 1 aliphatic rings. The molecule has 0 spiro atoms. The van der Waals surface area contributed by atoms with Crippen LogP contribution in [0.5, 0.6) is 0 Å². The number of benzene rings is 1. The molecule has 5 aromatic rings. The summed E-state index contributed by atoms with van der Waals surface area (Å²) in [4.78, 5) is 15.4. The number of aromatic nitrogens is 5. The molecule has 4 heterocycles. The van der Waals surface area contributed by atoms with Gasteiger partial charge in [0.1, 0.15) is 15.9 Å². The largest absolute Gasteiger partial charge is 0.242 e. The molecule has 2 unspecified atom stereocenters. The number of aryl methyl sites for hydroxylation is 3. The monoisotopic (exact) mass is 385 g/mol. The Hall–Kier alpha value is -2.86. The van der Waals surface area contributed by atoms with Crippen molar-refractivity contribution < 1.29 is 0 Å². The van der Waals surface area contributed by atoms with Gasteiger partial charge in [0.15, 0.2) is 11.5 Å². The topological polar surface area (TPSA) is 56.0 Å². The summed E-state index contributed by atoms with van der Waals surface area (Å²) in [6.07, 6.45) is 2.91. The maximum atomic E-state index is 4.94. The number of hydrogen-bond acceptors (Lipinski definition) is 5. The summed E-state index contributed by atoms with van der Waals surface area (Å²) < 4.78 is 2.91. The van der Waals surface area contributed by atoms with Crippen molar-refractivity contribution in [2.24, 2.45) is 0 Å². The first-order valence-corrected chi connectivity index (χ1v) is 10.4. The molecule has 2 atom stereocenters. The smallest absolute Gasteiger partial charge is 0.176 e. The molecule has 6 rings (SSSR count). The summed E-state index contributed by atoms with van der Waals surface area (Å²) in [7, 11) is 0. The first-order valence-electron chi connectivity index (χ1n) is 9.57. The van der Waals surface area contributed by atoms with E-state index in [9.17, 15) is 0 Å². The van der Waals surface area contributed by atoms with Gasteiger partial charge in [-0.05, 0) is 50.3 Å². The molecule has 4 aromatic heterocycles. The summed E-state index contributed by atoms with van der Waals surface area (Å²) in [6, 6.07) is 11.0. The van der Waals surface area contributed by atoms with Gasteiger partial charge in [-0.2, -0.15) is 0 Å². The van der Waals surface area contributed by atoms with Crippen molar-refractivity contribution in [1.29, 1.82) is 0 Å². The van der Waals surface area contributed by atoms with E-state index in [1.165, 1.54) is 16.7 Å². The van der Waals surface area contributed by atoms with Crippen LogP contribution < -0.4 is 0 Å². The Morgan fingerprint density at radius 2 is 1.86 bits per heavy atom. The van der Waals surface area contributed by atoms with Crippen molar-refractivity contribution in [1.82, 2.24) is 24.6 Å². The van der Waals surface area contributed by atoms with Crippen LogP contribution in [0, 0.1) is 20.8 Å². The fraction of sp³-hybridized carbons (Fsp3) is 0.273. The zero-order valence-corrected chi connectivity index (χ0v) is 16.8. The van der Waals surface area contributed by atoms with Gasteiger partial charge < -0.3 is 0 Å². The number of pyridine rings is 1. The highest BCUT2D eigenvalue weighted by Crippen LogP contribution is 2.53. The predicted octanol–water partition coefficient (Wildman–Crippen LogP) is 5.08. The Bertz CT molecular complexity index is 1380. The molecule has 0 saturated heterocycles. The Morgan fingerprint density at radius 3 is 2.68 bits per heavy atom. The fourth-order valence-electron chi connectivity index (χ4n) is 4.20. The van der Waals surface area contributed by atoms with Crippen molar-refractivity contribution in [2.75, 3.05) is 0 Å². The molecule has 6 heteroatoms. The van der Waals surface area contributed by atoms with Gasteiger partial charge in [0.05, 0.1) is 5.52 Å². The van der Waals surface area contributed by atoms with E-state index in [1.807, 2.05) is 11.4 Å². The number of rotatable bonds is 2. The Balaban J connectivity index is 1.47. The summed E-state index contributed by atoms with van der Waals surface area (Å²) in [5.74, 6) is 1.85. The van der Waals surface area contributed by atoms with E-state index in [0.29, 0.717) is 11.8 Å². The van der Waals surface area contributed by atoms with E-state index in [-0.39, 0.29) is 0 Å². The summed E-state index contributed by atoms with van der Waals surface area (Å²) in [5, 5.41) is 5.90. The highest BCUT2D eigenvalue weighted by molar-refractivity contribution is 7.26. The van der Waals surface area contributed by atoms with Crippen LogP contribution in [0.2, 0.25) is 0 Å². The molecule has 0 bridgehead atoms. The van der Waals surface area contributed by atoms with Crippen molar-refractivity contribution in [3.63, 3.8) is 0 Å². The van der Waals surface area contributed by atoms with E-state index in [1.54, 1.807) is 17.7 Å². The molecular weight excluding hydrogens is 366 g/mol. The highest BCUT2D eigenvalue weighted by Gasteiger charge is 2.42. The maximum Gasteiger partial charge on any atom is 0.176 e. The SMILES string of the molecule is Cc1ccc(C2CC2c2nc3c4sc5nc(C)cc(C)c5c4ncn3n2)cc1. The van der Waals surface area contributed by atoms with Crippen molar-refractivity contribution >= 4 is 37.4 Å². The molecule has 0 amide bonds. The van der Waals surface area contributed by atoms with Crippen LogP contribution in [0.1, 0.15) is 46.5 Å². The minimum absolute atomic E-state index is 0.397. The summed E-state index contributed by atoms with van der Waals surface area (Å²) >= 11 is 1.67. The fourth-order valence-corrected chi connectivity index (χ4v) is 5.43. The van der Waals surface area contributed by atoms with Gasteiger partial charge in [0.2, 0.25) is 0 Å². The molecule has 28 heavy (non-hydrogen) atoms. The summed E-state index contributed by atoms with van der Waals surface area (Å²) in [6.45, 7) is 6.28. The average Bonchev–Trinajstić information content (AvgIpc) is 3.18. The third-order valence-corrected chi connectivity index (χ3v) is 6.81. The van der Waals surface area contributed by atoms with Crippen LogP contribution in [0.25, 0.3) is 26.1 Å². The molecule has 1 fully saturated rings. The second kappa shape index (κ2) is 5.58. The third-order valence-electron chi connectivity index (χ3n) is 5.74. The standard InChI is InChI=1S/C22H19N5S/c1-11-4-6-14(7-5-11)15-9-16(15)20-25-21-19-18(23-10-27(21)26-20)17-12(2)8-13(3)24-22(17)28-19/h4-8,10,15-16H,9H2,1-3H3. The summed E-state index contributed by atoms with van der Waals surface area (Å²) in [5.41, 5.74) is 6.82. The lowest BCUT2D eigenvalue weighted by atomic mass is 10.1. The highest BCUT2D eigenvalue weighted by atomic mass is 32.1. The second-order valence-corrected chi connectivity index (χ2v) is 8.88. The average molecular weight is 385 g/mol. The Labute approximate surface area is 166 Å². The van der Waals surface area contributed by atoms with Crippen molar-refractivity contribution in [3.8, 4) is 0 Å². The maximum absolute atomic E-state index is 4.94. The third kappa shape index (κ3) is 2.31. The quantitative estimate of drug-likeness (QED) is 0.425. The number of fused-ring (bicyclic) bond motifs is 5. The van der Waals surface area contributed by atoms with E-state index < -0.39 is 0 Å². The molecule has 1 aliphatic carbocycles. The lowest BCUT2D eigenvalue weighted by Gasteiger charge is -1.99. The molecule has 0 aliphatic heterocycles. The minimum Gasteiger partial charge on any atom is -0.242 e. The van der Waals surface area contributed by atoms with Crippen molar-refractivity contribution in [3.05, 3.63) is 64.9 Å². The lowest BCUT2D eigenvalue weighted by Crippen LogP contribution is -1.91. The first kappa shape index (κ1) is 16.1. The van der Waals surface area contributed by atoms with Gasteiger partial charge in [-0.1, -0.05) is 29.8 Å².